The molecule has 1 atom stereocenters. The minimum Gasteiger partial charge on any atom is -0.370 e. The van der Waals surface area contributed by atoms with Crippen LogP contribution in [0.5, 0.6) is 0 Å². The van der Waals surface area contributed by atoms with Gasteiger partial charge in [-0.25, -0.2) is 4.68 Å². The normalized spacial score (nSPS) is 23.2. The van der Waals surface area contributed by atoms with Crippen LogP contribution in [0.1, 0.15) is 42.1 Å². The van der Waals surface area contributed by atoms with Crippen LogP contribution in [0, 0.1) is 0 Å². The van der Waals surface area contributed by atoms with Gasteiger partial charge in [-0.2, -0.15) is 5.10 Å². The molecule has 8 heteroatoms. The zero-order valence-electron chi connectivity index (χ0n) is 15.7. The van der Waals surface area contributed by atoms with Crippen LogP contribution in [0.3, 0.4) is 0 Å². The summed E-state index contributed by atoms with van der Waals surface area (Å²) in [6, 6.07) is 5.61. The average molecular weight is 402 g/mol. The second-order valence-corrected chi connectivity index (χ2v) is 8.36. The molecule has 1 aromatic heterocycles. The number of ether oxygens (including phenoxy) is 1. The molecule has 2 aromatic rings. The quantitative estimate of drug-likeness (QED) is 0.824. The van der Waals surface area contributed by atoms with E-state index in [1.807, 2.05) is 18.3 Å². The summed E-state index contributed by atoms with van der Waals surface area (Å²) in [5, 5.41) is 8.63. The number of nitrogens with zero attached hydrogens (tertiary/aromatic N) is 3. The molecule has 1 aromatic carbocycles. The zero-order chi connectivity index (χ0) is 19.3. The smallest absolute Gasteiger partial charge is 0.251 e. The standard InChI is InChI=1S/C20H24ClN5O2/c21-14-2-3-15-16(10-14)20(28-17(15)18(22)27)4-8-25(9-5-20)12-13-11-24-26-7-1-6-23-19(13)26/h2-3,10-11,17,23H,1,4-9,12H2,(H2,22,27). The molecule has 1 saturated heterocycles. The van der Waals surface area contributed by atoms with Crippen molar-refractivity contribution in [3.8, 4) is 0 Å². The Balaban J connectivity index is 1.34. The van der Waals surface area contributed by atoms with Gasteiger partial charge in [-0.3, -0.25) is 9.69 Å². The number of nitrogens with one attached hydrogen (secondary N) is 1. The maximum Gasteiger partial charge on any atom is 0.251 e. The Bertz CT molecular complexity index is 919. The predicted octanol–water partition coefficient (Wildman–Crippen LogP) is 2.40. The highest BCUT2D eigenvalue weighted by atomic mass is 35.5. The fourth-order valence-electron chi connectivity index (χ4n) is 4.77. The van der Waals surface area contributed by atoms with E-state index in [9.17, 15) is 4.79 Å². The third-order valence-corrected chi connectivity index (χ3v) is 6.44. The van der Waals surface area contributed by atoms with Crippen LogP contribution in [-0.2, 0) is 28.2 Å². The van der Waals surface area contributed by atoms with Gasteiger partial charge in [-0.05, 0) is 42.5 Å². The summed E-state index contributed by atoms with van der Waals surface area (Å²) in [5.41, 5.74) is 8.24. The fraction of sp³-hybridized carbons (Fsp3) is 0.500. The number of piperidine rings is 1. The van der Waals surface area contributed by atoms with E-state index in [0.29, 0.717) is 5.02 Å². The molecule has 0 saturated carbocycles. The Kier molecular flexibility index (Phi) is 4.34. The van der Waals surface area contributed by atoms with Crippen molar-refractivity contribution in [2.24, 2.45) is 5.73 Å². The van der Waals surface area contributed by atoms with Crippen molar-refractivity contribution in [3.05, 3.63) is 46.1 Å². The molecule has 148 valence electrons. The molecule has 28 heavy (non-hydrogen) atoms. The van der Waals surface area contributed by atoms with Crippen molar-refractivity contribution in [3.63, 3.8) is 0 Å². The van der Waals surface area contributed by atoms with E-state index in [-0.39, 0.29) is 0 Å². The largest absolute Gasteiger partial charge is 0.370 e. The van der Waals surface area contributed by atoms with E-state index in [2.05, 4.69) is 20.0 Å². The van der Waals surface area contributed by atoms with Gasteiger partial charge in [0.25, 0.3) is 5.91 Å². The first kappa shape index (κ1) is 18.0. The summed E-state index contributed by atoms with van der Waals surface area (Å²) >= 11 is 6.25. The molecule has 3 N–H and O–H groups in total. The number of primary amides is 1. The van der Waals surface area contributed by atoms with Crippen molar-refractivity contribution < 1.29 is 9.53 Å². The van der Waals surface area contributed by atoms with Gasteiger partial charge in [0.2, 0.25) is 0 Å². The monoisotopic (exact) mass is 401 g/mol. The second-order valence-electron chi connectivity index (χ2n) is 7.92. The van der Waals surface area contributed by atoms with Crippen molar-refractivity contribution in [2.45, 2.75) is 44.1 Å². The summed E-state index contributed by atoms with van der Waals surface area (Å²) in [6.45, 7) is 4.59. The molecule has 1 amide bonds. The van der Waals surface area contributed by atoms with Gasteiger partial charge in [0, 0.05) is 43.3 Å². The number of aromatic nitrogens is 2. The number of hydrogen-bond acceptors (Lipinski definition) is 5. The Morgan fingerprint density at radius 1 is 1.36 bits per heavy atom. The Morgan fingerprint density at radius 3 is 2.96 bits per heavy atom. The summed E-state index contributed by atoms with van der Waals surface area (Å²) in [5.74, 6) is 0.704. The Morgan fingerprint density at radius 2 is 2.18 bits per heavy atom. The lowest BCUT2D eigenvalue weighted by molar-refractivity contribution is -0.148. The topological polar surface area (TPSA) is 85.4 Å². The molecule has 1 unspecified atom stereocenters. The molecule has 1 spiro atoms. The lowest BCUT2D eigenvalue weighted by Gasteiger charge is -2.39. The maximum absolute atomic E-state index is 11.9. The average Bonchev–Trinajstić information content (AvgIpc) is 3.24. The molecule has 0 radical (unpaired) electrons. The molecule has 4 heterocycles. The number of halogens is 1. The number of carbonyl (C=O) groups is 1. The van der Waals surface area contributed by atoms with Gasteiger partial charge in [0.1, 0.15) is 5.82 Å². The van der Waals surface area contributed by atoms with Crippen molar-refractivity contribution in [1.82, 2.24) is 14.7 Å². The molecule has 3 aliphatic heterocycles. The Hall–Kier alpha value is -2.09. The molecule has 7 nitrogen and oxygen atoms in total. The van der Waals surface area contributed by atoms with Crippen LogP contribution < -0.4 is 11.1 Å². The number of benzene rings is 1. The highest BCUT2D eigenvalue weighted by Crippen LogP contribution is 2.50. The van der Waals surface area contributed by atoms with Gasteiger partial charge in [0.05, 0.1) is 11.8 Å². The van der Waals surface area contributed by atoms with Crippen molar-refractivity contribution in [1.29, 1.82) is 0 Å². The van der Waals surface area contributed by atoms with Crippen LogP contribution in [-0.4, -0.2) is 40.2 Å². The minimum absolute atomic E-state index is 0.444. The van der Waals surface area contributed by atoms with Gasteiger partial charge in [0.15, 0.2) is 6.10 Å². The first-order valence-corrected chi connectivity index (χ1v) is 10.2. The molecular weight excluding hydrogens is 378 g/mol. The van der Waals surface area contributed by atoms with Crippen LogP contribution in [0.4, 0.5) is 5.82 Å². The number of hydrogen-bond donors (Lipinski definition) is 2. The molecule has 3 aliphatic rings. The number of likely N-dealkylation sites (tertiary alicyclic amines) is 1. The maximum atomic E-state index is 11.9. The van der Waals surface area contributed by atoms with E-state index in [4.69, 9.17) is 22.1 Å². The first-order valence-electron chi connectivity index (χ1n) is 9.84. The number of anilines is 1. The minimum atomic E-state index is -0.689. The van der Waals surface area contributed by atoms with Crippen molar-refractivity contribution >= 4 is 23.3 Å². The van der Waals surface area contributed by atoms with E-state index >= 15 is 0 Å². The van der Waals surface area contributed by atoms with Gasteiger partial charge < -0.3 is 15.8 Å². The number of carbonyl (C=O) groups excluding carboxylic acids is 1. The number of amides is 1. The first-order chi connectivity index (χ1) is 13.6. The van der Waals surface area contributed by atoms with Gasteiger partial charge in [-0.15, -0.1) is 0 Å². The number of aryl methyl sites for hydroxylation is 1. The fourth-order valence-corrected chi connectivity index (χ4v) is 4.94. The van der Waals surface area contributed by atoms with Crippen LogP contribution in [0.15, 0.2) is 24.4 Å². The highest BCUT2D eigenvalue weighted by molar-refractivity contribution is 6.30. The number of nitrogens with two attached hydrogens (primary N) is 1. The van der Waals surface area contributed by atoms with E-state index in [0.717, 1.165) is 68.9 Å². The van der Waals surface area contributed by atoms with Crippen LogP contribution in [0.2, 0.25) is 5.02 Å². The third kappa shape index (κ3) is 2.89. The summed E-state index contributed by atoms with van der Waals surface area (Å²) in [4.78, 5) is 14.3. The molecule has 5 rings (SSSR count). The van der Waals surface area contributed by atoms with Gasteiger partial charge >= 0.3 is 0 Å². The number of fused-ring (bicyclic) bond motifs is 3. The third-order valence-electron chi connectivity index (χ3n) is 6.20. The zero-order valence-corrected chi connectivity index (χ0v) is 16.4. The SMILES string of the molecule is NC(=O)C1OC2(CCN(Cc3cnn4c3NCCC4)CC2)c2cc(Cl)ccc21. The number of rotatable bonds is 3. The molecule has 0 aliphatic carbocycles. The summed E-state index contributed by atoms with van der Waals surface area (Å²) < 4.78 is 8.32. The highest BCUT2D eigenvalue weighted by Gasteiger charge is 2.48. The predicted molar refractivity (Wildman–Crippen MR) is 106 cm³/mol. The van der Waals surface area contributed by atoms with E-state index in [1.165, 1.54) is 5.56 Å². The molecule has 0 bridgehead atoms. The summed E-state index contributed by atoms with van der Waals surface area (Å²) in [7, 11) is 0. The lowest BCUT2D eigenvalue weighted by atomic mass is 9.83. The lowest BCUT2D eigenvalue weighted by Crippen LogP contribution is -2.42. The molecular formula is C20H24ClN5O2. The van der Waals surface area contributed by atoms with Crippen LogP contribution >= 0.6 is 11.6 Å². The van der Waals surface area contributed by atoms with Crippen molar-refractivity contribution in [2.75, 3.05) is 25.0 Å². The summed E-state index contributed by atoms with van der Waals surface area (Å²) in [6.07, 6.45) is 4.01. The Labute approximate surface area is 168 Å². The van der Waals surface area contributed by atoms with Crippen LogP contribution in [0.25, 0.3) is 0 Å². The molecule has 1 fully saturated rings. The van der Waals surface area contributed by atoms with Gasteiger partial charge in [-0.1, -0.05) is 17.7 Å². The van der Waals surface area contributed by atoms with E-state index in [1.54, 1.807) is 6.07 Å². The second kappa shape index (κ2) is 6.76. The van der Waals surface area contributed by atoms with E-state index < -0.39 is 17.6 Å².